The van der Waals surface area contributed by atoms with E-state index in [-0.39, 0.29) is 5.91 Å². The largest absolute Gasteiger partial charge is 0.363 e. The minimum Gasteiger partial charge on any atom is -0.363 e. The average molecular weight is 391 g/mol. The zero-order chi connectivity index (χ0) is 20.3. The molecule has 4 heteroatoms. The number of benzene rings is 4. The summed E-state index contributed by atoms with van der Waals surface area (Å²) in [7, 11) is 0. The van der Waals surface area contributed by atoms with Crippen molar-refractivity contribution in [3.63, 3.8) is 0 Å². The molecule has 30 heavy (non-hydrogen) atoms. The van der Waals surface area contributed by atoms with Gasteiger partial charge in [0.15, 0.2) is 0 Å². The highest BCUT2D eigenvalue weighted by Crippen LogP contribution is 2.28. The van der Waals surface area contributed by atoms with E-state index in [4.69, 9.17) is 0 Å². The summed E-state index contributed by atoms with van der Waals surface area (Å²) in [5.74, 6) is -0.201. The Bertz CT molecular complexity index is 1240. The van der Waals surface area contributed by atoms with Gasteiger partial charge in [-0.05, 0) is 46.2 Å². The topological polar surface area (TPSA) is 44.7 Å². The Morgan fingerprint density at radius 2 is 1.60 bits per heavy atom. The highest BCUT2D eigenvalue weighted by molar-refractivity contribution is 6.00. The first kappa shape index (κ1) is 18.1. The number of hydrogen-bond acceptors (Lipinski definition) is 3. The highest BCUT2D eigenvalue weighted by Gasteiger charge is 2.20. The molecule has 146 valence electrons. The first-order valence-electron chi connectivity index (χ1n) is 10.0. The minimum absolute atomic E-state index is 0.201. The molecule has 1 amide bonds. The molecule has 0 spiro atoms. The first-order valence-corrected chi connectivity index (χ1v) is 10.0. The van der Waals surface area contributed by atoms with Crippen LogP contribution in [0.2, 0.25) is 0 Å². The van der Waals surface area contributed by atoms with E-state index in [9.17, 15) is 4.79 Å². The highest BCUT2D eigenvalue weighted by atomic mass is 16.2. The molecule has 0 unspecified atom stereocenters. The van der Waals surface area contributed by atoms with Crippen molar-refractivity contribution in [2.75, 3.05) is 4.90 Å². The van der Waals surface area contributed by atoms with Crippen LogP contribution in [0.4, 0.5) is 5.69 Å². The zero-order valence-corrected chi connectivity index (χ0v) is 16.5. The van der Waals surface area contributed by atoms with Gasteiger partial charge in [-0.2, -0.15) is 5.10 Å². The summed E-state index contributed by atoms with van der Waals surface area (Å²) in [4.78, 5) is 14.9. The lowest BCUT2D eigenvalue weighted by Crippen LogP contribution is -2.18. The minimum atomic E-state index is -0.201. The molecule has 1 aliphatic rings. The Labute approximate surface area is 175 Å². The van der Waals surface area contributed by atoms with Crippen LogP contribution in [-0.4, -0.2) is 12.1 Å². The molecule has 0 aromatic heterocycles. The fraction of sp³-hybridized carbons (Fsp3) is 0.0769. The van der Waals surface area contributed by atoms with E-state index in [1.807, 2.05) is 60.7 Å². The van der Waals surface area contributed by atoms with Gasteiger partial charge in [-0.1, -0.05) is 66.7 Å². The lowest BCUT2D eigenvalue weighted by molar-refractivity contribution is 0.0955. The summed E-state index contributed by atoms with van der Waals surface area (Å²) in [6.07, 6.45) is 1.70. The molecule has 1 aliphatic heterocycles. The van der Waals surface area contributed by atoms with Crippen molar-refractivity contribution >= 4 is 28.6 Å². The Hall–Kier alpha value is -3.92. The number of carbonyl (C=O) groups excluding carboxylic acids is 1. The van der Waals surface area contributed by atoms with Crippen LogP contribution in [0, 0.1) is 0 Å². The number of carbonyl (C=O) groups is 1. The van der Waals surface area contributed by atoms with Crippen molar-refractivity contribution in [1.29, 1.82) is 0 Å². The zero-order valence-electron chi connectivity index (χ0n) is 16.5. The SMILES string of the molecule is O=C(N/N=C/c1cccc2ccccc12)c1ccc2c(c1)CN(c1ccccc1)C2. The average Bonchev–Trinajstić information content (AvgIpc) is 3.23. The van der Waals surface area contributed by atoms with Gasteiger partial charge in [0.05, 0.1) is 6.21 Å². The third-order valence-corrected chi connectivity index (χ3v) is 5.51. The Kier molecular flexibility index (Phi) is 4.74. The van der Waals surface area contributed by atoms with Crippen LogP contribution in [0.5, 0.6) is 0 Å². The van der Waals surface area contributed by atoms with Crippen LogP contribution in [-0.2, 0) is 13.1 Å². The third kappa shape index (κ3) is 3.55. The molecule has 0 fully saturated rings. The number of rotatable bonds is 4. The van der Waals surface area contributed by atoms with Crippen molar-refractivity contribution in [1.82, 2.24) is 5.43 Å². The van der Waals surface area contributed by atoms with Crippen LogP contribution in [0.25, 0.3) is 10.8 Å². The summed E-state index contributed by atoms with van der Waals surface area (Å²) < 4.78 is 0. The maximum absolute atomic E-state index is 12.6. The summed E-state index contributed by atoms with van der Waals surface area (Å²) in [6, 6.07) is 30.4. The van der Waals surface area contributed by atoms with Gasteiger partial charge in [0, 0.05) is 29.9 Å². The monoisotopic (exact) mass is 391 g/mol. The second kappa shape index (κ2) is 7.84. The third-order valence-electron chi connectivity index (χ3n) is 5.51. The van der Waals surface area contributed by atoms with Crippen molar-refractivity contribution < 1.29 is 4.79 Å². The maximum Gasteiger partial charge on any atom is 0.271 e. The number of nitrogens with one attached hydrogen (secondary N) is 1. The number of hydrogen-bond donors (Lipinski definition) is 1. The van der Waals surface area contributed by atoms with Crippen LogP contribution in [0.1, 0.15) is 27.0 Å². The van der Waals surface area contributed by atoms with Gasteiger partial charge in [-0.15, -0.1) is 0 Å². The predicted molar refractivity (Wildman–Crippen MR) is 122 cm³/mol. The summed E-state index contributed by atoms with van der Waals surface area (Å²) in [5.41, 5.74) is 7.90. The maximum atomic E-state index is 12.6. The molecule has 0 saturated carbocycles. The van der Waals surface area contributed by atoms with Gasteiger partial charge in [0.2, 0.25) is 0 Å². The van der Waals surface area contributed by atoms with Crippen molar-refractivity contribution in [2.24, 2.45) is 5.10 Å². The number of nitrogens with zero attached hydrogens (tertiary/aromatic N) is 2. The van der Waals surface area contributed by atoms with Gasteiger partial charge in [0.25, 0.3) is 5.91 Å². The van der Waals surface area contributed by atoms with Gasteiger partial charge < -0.3 is 4.90 Å². The number of anilines is 1. The summed E-state index contributed by atoms with van der Waals surface area (Å²) >= 11 is 0. The lowest BCUT2D eigenvalue weighted by Gasteiger charge is -2.17. The summed E-state index contributed by atoms with van der Waals surface area (Å²) in [5, 5.41) is 6.44. The number of para-hydroxylation sites is 1. The molecule has 4 aromatic carbocycles. The van der Waals surface area contributed by atoms with Gasteiger partial charge in [-0.3, -0.25) is 4.79 Å². The van der Waals surface area contributed by atoms with E-state index in [0.717, 1.165) is 29.4 Å². The molecule has 0 bridgehead atoms. The molecule has 1 N–H and O–H groups in total. The fourth-order valence-electron chi connectivity index (χ4n) is 3.95. The molecule has 0 saturated heterocycles. The van der Waals surface area contributed by atoms with Crippen molar-refractivity contribution in [2.45, 2.75) is 13.1 Å². The van der Waals surface area contributed by atoms with Gasteiger partial charge >= 0.3 is 0 Å². The molecular formula is C26H21N3O. The predicted octanol–water partition coefficient (Wildman–Crippen LogP) is 5.12. The van der Waals surface area contributed by atoms with Crippen LogP contribution in [0.3, 0.4) is 0 Å². The summed E-state index contributed by atoms with van der Waals surface area (Å²) in [6.45, 7) is 1.67. The smallest absolute Gasteiger partial charge is 0.271 e. The van der Waals surface area contributed by atoms with Crippen molar-refractivity contribution in [3.05, 3.63) is 113 Å². The molecule has 4 nitrogen and oxygen atoms in total. The van der Waals surface area contributed by atoms with Crippen molar-refractivity contribution in [3.8, 4) is 0 Å². The molecule has 0 aliphatic carbocycles. The Morgan fingerprint density at radius 1 is 0.833 bits per heavy atom. The second-order valence-corrected chi connectivity index (χ2v) is 7.44. The van der Waals surface area contributed by atoms with Gasteiger partial charge in [0.1, 0.15) is 0 Å². The van der Waals surface area contributed by atoms with Crippen LogP contribution in [0.15, 0.2) is 96.1 Å². The molecule has 5 rings (SSSR count). The number of hydrazone groups is 1. The van der Waals surface area contributed by atoms with E-state index in [1.165, 1.54) is 16.8 Å². The lowest BCUT2D eigenvalue weighted by atomic mass is 10.1. The van der Waals surface area contributed by atoms with E-state index in [2.05, 4.69) is 45.8 Å². The fourth-order valence-corrected chi connectivity index (χ4v) is 3.95. The molecule has 4 aromatic rings. The molecule has 0 atom stereocenters. The molecule has 0 radical (unpaired) electrons. The quantitative estimate of drug-likeness (QED) is 0.387. The molecule has 1 heterocycles. The standard InChI is InChI=1S/C26H21N3O/c30-26(28-27-16-21-9-6-8-19-7-4-5-12-25(19)21)20-13-14-22-17-29(18-23(22)15-20)24-10-2-1-3-11-24/h1-16H,17-18H2,(H,28,30)/b27-16+. The van der Waals surface area contributed by atoms with E-state index in [0.29, 0.717) is 5.56 Å². The van der Waals surface area contributed by atoms with E-state index < -0.39 is 0 Å². The Morgan fingerprint density at radius 3 is 2.50 bits per heavy atom. The Balaban J connectivity index is 1.29. The van der Waals surface area contributed by atoms with Crippen LogP contribution < -0.4 is 10.3 Å². The van der Waals surface area contributed by atoms with Crippen LogP contribution >= 0.6 is 0 Å². The van der Waals surface area contributed by atoms with Gasteiger partial charge in [-0.25, -0.2) is 5.43 Å². The first-order chi connectivity index (χ1) is 14.8. The van der Waals surface area contributed by atoms with E-state index in [1.54, 1.807) is 6.21 Å². The normalized spacial score (nSPS) is 13.0. The number of amides is 1. The van der Waals surface area contributed by atoms with E-state index >= 15 is 0 Å². The molecular weight excluding hydrogens is 370 g/mol. The second-order valence-electron chi connectivity index (χ2n) is 7.44. The number of fused-ring (bicyclic) bond motifs is 2.